The molecule has 21 heavy (non-hydrogen) atoms. The average molecular weight is 286 g/mol. The molecule has 1 unspecified atom stereocenters. The second kappa shape index (κ2) is 5.95. The molecule has 4 nitrogen and oxygen atoms in total. The van der Waals surface area contributed by atoms with Gasteiger partial charge < -0.3 is 9.47 Å². The fourth-order valence-electron chi connectivity index (χ4n) is 2.62. The Labute approximate surface area is 126 Å². The van der Waals surface area contributed by atoms with Gasteiger partial charge >= 0.3 is 0 Å². The second-order valence-corrected chi connectivity index (χ2v) is 5.97. The van der Waals surface area contributed by atoms with Crippen molar-refractivity contribution in [2.24, 2.45) is 5.92 Å². The van der Waals surface area contributed by atoms with Crippen LogP contribution in [-0.4, -0.2) is 24.8 Å². The Morgan fingerprint density at radius 3 is 2.52 bits per heavy atom. The van der Waals surface area contributed by atoms with Gasteiger partial charge in [0.15, 0.2) is 0 Å². The molecule has 112 valence electrons. The largest absolute Gasteiger partial charge is 0.494 e. The highest BCUT2D eigenvalue weighted by molar-refractivity contribution is 5.33. The predicted octanol–water partition coefficient (Wildman–Crippen LogP) is 2.89. The summed E-state index contributed by atoms with van der Waals surface area (Å²) in [4.78, 5) is 0. The van der Waals surface area contributed by atoms with E-state index in [9.17, 15) is 5.26 Å². The van der Waals surface area contributed by atoms with Crippen LogP contribution in [-0.2, 0) is 0 Å². The van der Waals surface area contributed by atoms with Gasteiger partial charge in [0.05, 0.1) is 12.7 Å². The van der Waals surface area contributed by atoms with Gasteiger partial charge in [-0.25, -0.2) is 0 Å². The zero-order valence-electron chi connectivity index (χ0n) is 12.5. The van der Waals surface area contributed by atoms with Crippen molar-refractivity contribution in [3.8, 4) is 17.6 Å². The van der Waals surface area contributed by atoms with Crippen LogP contribution in [0.5, 0.6) is 11.5 Å². The van der Waals surface area contributed by atoms with Crippen LogP contribution >= 0.6 is 0 Å². The minimum absolute atomic E-state index is 0.403. The molecule has 4 heteroatoms. The first kappa shape index (κ1) is 14.2. The lowest BCUT2D eigenvalue weighted by atomic mass is 9.96. The summed E-state index contributed by atoms with van der Waals surface area (Å²) in [6, 6.07) is 10.6. The van der Waals surface area contributed by atoms with Crippen molar-refractivity contribution < 1.29 is 9.47 Å². The maximum absolute atomic E-state index is 9.66. The van der Waals surface area contributed by atoms with E-state index in [1.165, 1.54) is 12.8 Å². The Balaban J connectivity index is 1.66. The van der Waals surface area contributed by atoms with Gasteiger partial charge in [-0.2, -0.15) is 5.26 Å². The molecule has 2 saturated carbocycles. The van der Waals surface area contributed by atoms with E-state index in [4.69, 9.17) is 9.47 Å². The minimum Gasteiger partial charge on any atom is -0.494 e. The van der Waals surface area contributed by atoms with Gasteiger partial charge in [0.1, 0.15) is 23.6 Å². The maximum atomic E-state index is 9.66. The fraction of sp³-hybridized carbons (Fsp3) is 0.588. The van der Waals surface area contributed by atoms with Gasteiger partial charge in [0.25, 0.3) is 0 Å². The number of ether oxygens (including phenoxy) is 2. The topological polar surface area (TPSA) is 54.3 Å². The third-order valence-corrected chi connectivity index (χ3v) is 4.10. The molecule has 0 spiro atoms. The summed E-state index contributed by atoms with van der Waals surface area (Å²) in [7, 11) is 0. The van der Waals surface area contributed by atoms with Gasteiger partial charge in [0, 0.05) is 12.1 Å². The molecule has 0 saturated heterocycles. The van der Waals surface area contributed by atoms with Crippen LogP contribution in [0.4, 0.5) is 0 Å². The Morgan fingerprint density at radius 1 is 1.24 bits per heavy atom. The van der Waals surface area contributed by atoms with Crippen LogP contribution in [0.2, 0.25) is 0 Å². The van der Waals surface area contributed by atoms with Crippen molar-refractivity contribution in [2.75, 3.05) is 13.2 Å². The molecule has 0 aromatic heterocycles. The first-order chi connectivity index (χ1) is 10.3. The minimum atomic E-state index is -0.525. The highest BCUT2D eigenvalue weighted by atomic mass is 16.5. The summed E-state index contributed by atoms with van der Waals surface area (Å²) in [6.07, 6.45) is 4.59. The Bertz CT molecular complexity index is 532. The predicted molar refractivity (Wildman–Crippen MR) is 80.3 cm³/mol. The van der Waals surface area contributed by atoms with E-state index in [1.807, 2.05) is 31.2 Å². The van der Waals surface area contributed by atoms with Crippen LogP contribution in [0.1, 0.15) is 32.6 Å². The molecule has 2 aliphatic rings. The fourth-order valence-corrected chi connectivity index (χ4v) is 2.62. The van der Waals surface area contributed by atoms with E-state index in [2.05, 4.69) is 11.4 Å². The summed E-state index contributed by atoms with van der Waals surface area (Å²) in [5.74, 6) is 2.00. The normalized spacial score (nSPS) is 20.4. The summed E-state index contributed by atoms with van der Waals surface area (Å²) < 4.78 is 11.4. The maximum Gasteiger partial charge on any atom is 0.144 e. The number of hydrogen-bond donors (Lipinski definition) is 1. The molecule has 1 aromatic carbocycles. The Hall–Kier alpha value is -1.73. The lowest BCUT2D eigenvalue weighted by molar-refractivity contribution is 0.199. The van der Waals surface area contributed by atoms with Gasteiger partial charge in [-0.3, -0.25) is 5.32 Å². The van der Waals surface area contributed by atoms with Crippen LogP contribution in [0, 0.1) is 17.2 Å². The van der Waals surface area contributed by atoms with Gasteiger partial charge in [-0.15, -0.1) is 0 Å². The first-order valence-electron chi connectivity index (χ1n) is 7.80. The smallest absolute Gasteiger partial charge is 0.144 e. The molecule has 3 rings (SSSR count). The Morgan fingerprint density at radius 2 is 1.95 bits per heavy atom. The number of benzene rings is 1. The third-order valence-electron chi connectivity index (χ3n) is 4.10. The molecule has 0 amide bonds. The van der Waals surface area contributed by atoms with Gasteiger partial charge in [-0.1, -0.05) is 6.07 Å². The molecule has 0 aliphatic heterocycles. The quantitative estimate of drug-likeness (QED) is 0.798. The zero-order chi connectivity index (χ0) is 14.7. The molecule has 1 aromatic rings. The summed E-state index contributed by atoms with van der Waals surface area (Å²) >= 11 is 0. The van der Waals surface area contributed by atoms with Crippen molar-refractivity contribution >= 4 is 0 Å². The summed E-state index contributed by atoms with van der Waals surface area (Å²) in [5, 5.41) is 13.2. The van der Waals surface area contributed by atoms with Crippen LogP contribution in [0.25, 0.3) is 0 Å². The van der Waals surface area contributed by atoms with Crippen molar-refractivity contribution in [1.29, 1.82) is 5.26 Å². The van der Waals surface area contributed by atoms with Crippen molar-refractivity contribution in [3.63, 3.8) is 0 Å². The zero-order valence-corrected chi connectivity index (χ0v) is 12.5. The lowest BCUT2D eigenvalue weighted by Gasteiger charge is -2.28. The van der Waals surface area contributed by atoms with E-state index >= 15 is 0 Å². The summed E-state index contributed by atoms with van der Waals surface area (Å²) in [5.41, 5.74) is -0.525. The van der Waals surface area contributed by atoms with E-state index in [1.54, 1.807) is 0 Å². The molecule has 1 N–H and O–H groups in total. The number of rotatable bonds is 8. The van der Waals surface area contributed by atoms with Crippen molar-refractivity contribution in [1.82, 2.24) is 5.32 Å². The number of nitriles is 1. The van der Waals surface area contributed by atoms with Gasteiger partial charge in [0.2, 0.25) is 0 Å². The van der Waals surface area contributed by atoms with Crippen molar-refractivity contribution in [3.05, 3.63) is 24.3 Å². The number of nitrogens with zero attached hydrogens (tertiary/aromatic N) is 1. The standard InChI is InChI=1S/C17H22N2O2/c1-2-20-15-4-3-5-16(10-15)21-12-17(11-18,13-6-7-13)19-14-8-9-14/h3-5,10,13-14,19H,2,6-9,12H2,1H3. The van der Waals surface area contributed by atoms with E-state index in [0.29, 0.717) is 25.2 Å². The summed E-state index contributed by atoms with van der Waals surface area (Å²) in [6.45, 7) is 3.00. The molecule has 1 atom stereocenters. The van der Waals surface area contributed by atoms with Crippen molar-refractivity contribution in [2.45, 2.75) is 44.2 Å². The van der Waals surface area contributed by atoms with E-state index in [0.717, 1.165) is 24.3 Å². The highest BCUT2D eigenvalue weighted by Gasteiger charge is 2.49. The Kier molecular flexibility index (Phi) is 4.03. The number of nitrogens with one attached hydrogen (secondary N) is 1. The van der Waals surface area contributed by atoms with Gasteiger partial charge in [-0.05, 0) is 50.7 Å². The molecule has 2 fully saturated rings. The molecular weight excluding hydrogens is 264 g/mol. The van der Waals surface area contributed by atoms with Crippen LogP contribution in [0.15, 0.2) is 24.3 Å². The average Bonchev–Trinajstić information content (AvgIpc) is 3.38. The molecular formula is C17H22N2O2. The third kappa shape index (κ3) is 3.48. The van der Waals surface area contributed by atoms with Crippen LogP contribution in [0.3, 0.4) is 0 Å². The SMILES string of the molecule is CCOc1cccc(OCC(C#N)(NC2CC2)C2CC2)c1. The molecule has 0 radical (unpaired) electrons. The second-order valence-electron chi connectivity index (χ2n) is 5.97. The first-order valence-corrected chi connectivity index (χ1v) is 7.80. The molecule has 0 bridgehead atoms. The molecule has 0 heterocycles. The number of hydrogen-bond acceptors (Lipinski definition) is 4. The van der Waals surface area contributed by atoms with Crippen LogP contribution < -0.4 is 14.8 Å². The lowest BCUT2D eigenvalue weighted by Crippen LogP contribution is -2.52. The molecule has 2 aliphatic carbocycles. The van der Waals surface area contributed by atoms with E-state index in [-0.39, 0.29) is 0 Å². The highest BCUT2D eigenvalue weighted by Crippen LogP contribution is 2.41. The monoisotopic (exact) mass is 286 g/mol. The van der Waals surface area contributed by atoms with E-state index < -0.39 is 5.54 Å².